The topological polar surface area (TPSA) is 41.3 Å². The molecule has 1 N–H and O–H groups in total. The molecule has 19 heavy (non-hydrogen) atoms. The van der Waals surface area contributed by atoms with Gasteiger partial charge in [-0.2, -0.15) is 5.10 Å². The van der Waals surface area contributed by atoms with Crippen molar-refractivity contribution in [2.24, 2.45) is 5.92 Å². The summed E-state index contributed by atoms with van der Waals surface area (Å²) >= 11 is 3.55. The van der Waals surface area contributed by atoms with E-state index in [0.717, 1.165) is 54.9 Å². The SMILES string of the molecule is CC1CCC(O)(c2c(Br)cnn2CCN(C)C)CC1. The molecular formula is C14H24BrN3O. The molecule has 0 spiro atoms. The maximum absolute atomic E-state index is 11.0. The zero-order valence-corrected chi connectivity index (χ0v) is 13.7. The highest BCUT2D eigenvalue weighted by Crippen LogP contribution is 2.41. The molecule has 0 radical (unpaired) electrons. The zero-order valence-electron chi connectivity index (χ0n) is 12.1. The van der Waals surface area contributed by atoms with Gasteiger partial charge < -0.3 is 10.0 Å². The van der Waals surface area contributed by atoms with Crippen LogP contribution in [0.25, 0.3) is 0 Å². The number of hydrogen-bond donors (Lipinski definition) is 1. The lowest BCUT2D eigenvalue weighted by Crippen LogP contribution is -2.34. The minimum Gasteiger partial charge on any atom is -0.384 e. The summed E-state index contributed by atoms with van der Waals surface area (Å²) in [5.74, 6) is 0.720. The molecule has 0 saturated heterocycles. The molecule has 1 aromatic heterocycles. The fourth-order valence-electron chi connectivity index (χ4n) is 2.77. The van der Waals surface area contributed by atoms with Crippen molar-refractivity contribution in [3.63, 3.8) is 0 Å². The molecule has 1 aliphatic carbocycles. The van der Waals surface area contributed by atoms with Gasteiger partial charge in [-0.25, -0.2) is 0 Å². The standard InChI is InChI=1S/C14H24BrN3O/c1-11-4-6-14(19,7-5-11)13-12(15)10-16-18(13)9-8-17(2)3/h10-11,19H,4-9H2,1-3H3. The fraction of sp³-hybridized carbons (Fsp3) is 0.786. The summed E-state index contributed by atoms with van der Waals surface area (Å²) in [6.45, 7) is 4.00. The van der Waals surface area contributed by atoms with E-state index < -0.39 is 5.60 Å². The van der Waals surface area contributed by atoms with Crippen LogP contribution in [0.5, 0.6) is 0 Å². The summed E-state index contributed by atoms with van der Waals surface area (Å²) in [6, 6.07) is 0. The van der Waals surface area contributed by atoms with Crippen molar-refractivity contribution in [2.75, 3.05) is 20.6 Å². The number of likely N-dealkylation sites (N-methyl/N-ethyl adjacent to an activating group) is 1. The quantitative estimate of drug-likeness (QED) is 0.923. The Balaban J connectivity index is 2.20. The van der Waals surface area contributed by atoms with Crippen molar-refractivity contribution in [3.8, 4) is 0 Å². The van der Waals surface area contributed by atoms with E-state index >= 15 is 0 Å². The average Bonchev–Trinajstić information content (AvgIpc) is 2.73. The second-order valence-corrected chi connectivity index (χ2v) is 6.94. The Kier molecular flexibility index (Phi) is 4.69. The van der Waals surface area contributed by atoms with Gasteiger partial charge in [0.2, 0.25) is 0 Å². The van der Waals surface area contributed by atoms with Crippen LogP contribution in [0.4, 0.5) is 0 Å². The van der Waals surface area contributed by atoms with Crippen LogP contribution < -0.4 is 0 Å². The Morgan fingerprint density at radius 2 is 2.11 bits per heavy atom. The van der Waals surface area contributed by atoms with Crippen LogP contribution in [0.1, 0.15) is 38.3 Å². The van der Waals surface area contributed by atoms with Gasteiger partial charge in [0.15, 0.2) is 0 Å². The van der Waals surface area contributed by atoms with Crippen molar-refractivity contribution < 1.29 is 5.11 Å². The predicted molar refractivity (Wildman–Crippen MR) is 80.0 cm³/mol. The van der Waals surface area contributed by atoms with Gasteiger partial charge in [-0.05, 0) is 61.6 Å². The summed E-state index contributed by atoms with van der Waals surface area (Å²) in [5.41, 5.74) is 0.245. The van der Waals surface area contributed by atoms with Crippen LogP contribution in [-0.2, 0) is 12.1 Å². The molecule has 2 rings (SSSR count). The lowest BCUT2D eigenvalue weighted by atomic mass is 9.78. The largest absolute Gasteiger partial charge is 0.384 e. The third-order valence-corrected chi connectivity index (χ3v) is 4.68. The van der Waals surface area contributed by atoms with E-state index in [0.29, 0.717) is 0 Å². The monoisotopic (exact) mass is 329 g/mol. The van der Waals surface area contributed by atoms with Crippen LogP contribution in [0, 0.1) is 5.92 Å². The molecule has 5 heteroatoms. The van der Waals surface area contributed by atoms with Crippen molar-refractivity contribution in [3.05, 3.63) is 16.4 Å². The third kappa shape index (κ3) is 3.38. The van der Waals surface area contributed by atoms with Gasteiger partial charge in [-0.1, -0.05) is 6.92 Å². The van der Waals surface area contributed by atoms with Crippen LogP contribution in [0.3, 0.4) is 0 Å². The molecular weight excluding hydrogens is 306 g/mol. The molecule has 0 atom stereocenters. The summed E-state index contributed by atoms with van der Waals surface area (Å²) in [6.07, 6.45) is 5.64. The number of aromatic nitrogens is 2. The van der Waals surface area contributed by atoms with Gasteiger partial charge in [-0.3, -0.25) is 4.68 Å². The molecule has 108 valence electrons. The number of rotatable bonds is 4. The highest BCUT2D eigenvalue weighted by molar-refractivity contribution is 9.10. The van der Waals surface area contributed by atoms with Gasteiger partial charge in [-0.15, -0.1) is 0 Å². The van der Waals surface area contributed by atoms with Crippen LogP contribution in [0.2, 0.25) is 0 Å². The molecule has 0 bridgehead atoms. The number of nitrogens with zero attached hydrogens (tertiary/aromatic N) is 3. The van der Waals surface area contributed by atoms with E-state index in [1.807, 2.05) is 4.68 Å². The predicted octanol–water partition coefficient (Wildman–Crippen LogP) is 2.60. The van der Waals surface area contributed by atoms with Gasteiger partial charge in [0.05, 0.1) is 22.9 Å². The fourth-order valence-corrected chi connectivity index (χ4v) is 3.43. The first-order valence-electron chi connectivity index (χ1n) is 7.01. The van der Waals surface area contributed by atoms with E-state index in [4.69, 9.17) is 0 Å². The van der Waals surface area contributed by atoms with Gasteiger partial charge in [0, 0.05) is 6.54 Å². The lowest BCUT2D eigenvalue weighted by molar-refractivity contribution is -0.0205. The average molecular weight is 330 g/mol. The van der Waals surface area contributed by atoms with E-state index in [1.54, 1.807) is 6.20 Å². The van der Waals surface area contributed by atoms with Crippen LogP contribution in [-0.4, -0.2) is 40.4 Å². The Labute approximate surface area is 123 Å². The maximum atomic E-state index is 11.0. The molecule has 1 heterocycles. The van der Waals surface area contributed by atoms with Gasteiger partial charge >= 0.3 is 0 Å². The minimum absolute atomic E-state index is 0.714. The van der Waals surface area contributed by atoms with E-state index in [1.165, 1.54) is 0 Å². The van der Waals surface area contributed by atoms with Crippen LogP contribution in [0.15, 0.2) is 10.7 Å². The van der Waals surface area contributed by atoms with Crippen molar-refractivity contribution in [1.82, 2.24) is 14.7 Å². The first-order chi connectivity index (χ1) is 8.92. The Morgan fingerprint density at radius 3 is 2.68 bits per heavy atom. The van der Waals surface area contributed by atoms with E-state index in [2.05, 4.69) is 46.9 Å². The Bertz CT molecular complexity index is 422. The molecule has 1 aromatic rings. The molecule has 0 unspecified atom stereocenters. The van der Waals surface area contributed by atoms with Crippen molar-refractivity contribution >= 4 is 15.9 Å². The number of halogens is 1. The first kappa shape index (κ1) is 15.0. The molecule has 1 fully saturated rings. The van der Waals surface area contributed by atoms with Gasteiger partial charge in [0.25, 0.3) is 0 Å². The molecule has 4 nitrogen and oxygen atoms in total. The smallest absolute Gasteiger partial charge is 0.107 e. The summed E-state index contributed by atoms with van der Waals surface area (Å²) in [5, 5.41) is 15.4. The molecule has 0 aliphatic heterocycles. The minimum atomic E-state index is -0.714. The van der Waals surface area contributed by atoms with E-state index in [9.17, 15) is 5.11 Å². The normalized spacial score (nSPS) is 28.0. The molecule has 1 saturated carbocycles. The summed E-state index contributed by atoms with van der Waals surface area (Å²) in [4.78, 5) is 2.13. The maximum Gasteiger partial charge on any atom is 0.107 e. The molecule has 0 aromatic carbocycles. The van der Waals surface area contributed by atoms with Crippen molar-refractivity contribution in [2.45, 2.75) is 44.8 Å². The van der Waals surface area contributed by atoms with Crippen LogP contribution >= 0.6 is 15.9 Å². The first-order valence-corrected chi connectivity index (χ1v) is 7.80. The van der Waals surface area contributed by atoms with Gasteiger partial charge in [0.1, 0.15) is 5.60 Å². The van der Waals surface area contributed by atoms with Crippen molar-refractivity contribution in [1.29, 1.82) is 0 Å². The van der Waals surface area contributed by atoms with E-state index in [-0.39, 0.29) is 0 Å². The third-order valence-electron chi connectivity index (χ3n) is 4.10. The summed E-state index contributed by atoms with van der Waals surface area (Å²) in [7, 11) is 4.10. The lowest BCUT2D eigenvalue weighted by Gasteiger charge is -2.35. The Hall–Kier alpha value is -0.390. The second kappa shape index (κ2) is 5.94. The zero-order chi connectivity index (χ0) is 14.0. The highest BCUT2D eigenvalue weighted by Gasteiger charge is 2.38. The highest BCUT2D eigenvalue weighted by atomic mass is 79.9. The number of aliphatic hydroxyl groups is 1. The number of hydrogen-bond acceptors (Lipinski definition) is 3. The molecule has 0 amide bonds. The Morgan fingerprint density at radius 1 is 1.47 bits per heavy atom. The summed E-state index contributed by atoms with van der Waals surface area (Å²) < 4.78 is 2.89. The second-order valence-electron chi connectivity index (χ2n) is 6.08. The molecule has 1 aliphatic rings.